The zero-order chi connectivity index (χ0) is 28.0. The van der Waals surface area contributed by atoms with Crippen molar-refractivity contribution in [3.63, 3.8) is 0 Å². The molecule has 0 aliphatic heterocycles. The van der Waals surface area contributed by atoms with Crippen molar-refractivity contribution in [1.29, 1.82) is 0 Å². The van der Waals surface area contributed by atoms with Crippen LogP contribution in [0.3, 0.4) is 0 Å². The molecule has 0 aliphatic rings. The maximum absolute atomic E-state index is 13.9. The molecule has 2 amide bonds. The molecule has 13 heteroatoms. The number of hydrogen-bond acceptors (Lipinski definition) is 9. The number of carbonyl (C=O) groups excluding carboxylic acids is 2. The van der Waals surface area contributed by atoms with Crippen LogP contribution in [0.1, 0.15) is 47.1 Å². The molecule has 3 rings (SSSR count). The van der Waals surface area contributed by atoms with Gasteiger partial charge >= 0.3 is 10.1 Å². The molecule has 1 atom stereocenters. The van der Waals surface area contributed by atoms with Gasteiger partial charge in [-0.15, -0.1) is 0 Å². The second-order valence-corrected chi connectivity index (χ2v) is 10.5. The summed E-state index contributed by atoms with van der Waals surface area (Å²) in [5.74, 6) is -1.58. The summed E-state index contributed by atoms with van der Waals surface area (Å²) in [6.45, 7) is 5.81. The Morgan fingerprint density at radius 1 is 1.11 bits per heavy atom. The Morgan fingerprint density at radius 3 is 2.45 bits per heavy atom. The Hall–Kier alpha value is -4.26. The zero-order valence-corrected chi connectivity index (χ0v) is 22.1. The quantitative estimate of drug-likeness (QED) is 0.265. The van der Waals surface area contributed by atoms with Gasteiger partial charge in [0, 0.05) is 36.1 Å². The van der Waals surface area contributed by atoms with Crippen LogP contribution in [-0.2, 0) is 16.7 Å². The number of nitrogens with zero attached hydrogens (tertiary/aromatic N) is 2. The normalized spacial score (nSPS) is 12.1. The van der Waals surface area contributed by atoms with E-state index in [0.29, 0.717) is 5.69 Å². The predicted molar refractivity (Wildman–Crippen MR) is 141 cm³/mol. The molecule has 11 nitrogen and oxygen atoms in total. The summed E-state index contributed by atoms with van der Waals surface area (Å²) in [6, 6.07) is 10.0. The largest absolute Gasteiger partial charge is 0.382 e. The van der Waals surface area contributed by atoms with Crippen LogP contribution in [0.4, 0.5) is 21.8 Å². The monoisotopic (exact) mass is 544 g/mol. The molecule has 0 saturated carbocycles. The number of nitrogens with one attached hydrogen (secondary N) is 3. The molecule has 1 aromatic heterocycles. The number of benzene rings is 2. The minimum Gasteiger partial charge on any atom is -0.382 e. The third kappa shape index (κ3) is 7.62. The summed E-state index contributed by atoms with van der Waals surface area (Å²) in [5.41, 5.74) is 6.02. The number of primary amides is 1. The second-order valence-electron chi connectivity index (χ2n) is 8.89. The first-order valence-electron chi connectivity index (χ1n) is 11.6. The topological polar surface area (TPSA) is 165 Å². The van der Waals surface area contributed by atoms with E-state index in [1.807, 2.05) is 20.8 Å². The number of nitrogens with two attached hydrogens (primary N) is 1. The van der Waals surface area contributed by atoms with Crippen LogP contribution in [0.2, 0.25) is 0 Å². The highest BCUT2D eigenvalue weighted by Crippen LogP contribution is 2.27. The third-order valence-corrected chi connectivity index (χ3v) is 6.02. The molecule has 0 bridgehead atoms. The number of amides is 2. The Morgan fingerprint density at radius 2 is 1.82 bits per heavy atom. The molecular formula is C25H29FN6O5S. The maximum atomic E-state index is 13.9. The van der Waals surface area contributed by atoms with Crippen molar-refractivity contribution >= 4 is 39.4 Å². The van der Waals surface area contributed by atoms with Gasteiger partial charge in [0.05, 0.1) is 17.4 Å². The Balaban J connectivity index is 1.89. The SMILES string of the molecule is CC(C)C(C)Nc1nc(Nc2ccc(C(=O)NCc3ccccc3F)c(OS(C)(=O)=O)c2)ncc1C(N)=O. The van der Waals surface area contributed by atoms with Gasteiger partial charge in [0.1, 0.15) is 11.6 Å². The minimum atomic E-state index is -4.00. The highest BCUT2D eigenvalue weighted by Gasteiger charge is 2.19. The van der Waals surface area contributed by atoms with E-state index in [2.05, 4.69) is 25.9 Å². The zero-order valence-electron chi connectivity index (χ0n) is 21.3. The summed E-state index contributed by atoms with van der Waals surface area (Å²) in [4.78, 5) is 33.1. The van der Waals surface area contributed by atoms with Gasteiger partial charge in [0.25, 0.3) is 11.8 Å². The Kier molecular flexibility index (Phi) is 8.84. The smallest absolute Gasteiger partial charge is 0.306 e. The van der Waals surface area contributed by atoms with Crippen LogP contribution in [-0.4, -0.2) is 42.5 Å². The van der Waals surface area contributed by atoms with E-state index in [1.165, 1.54) is 42.6 Å². The molecule has 1 unspecified atom stereocenters. The molecular weight excluding hydrogens is 515 g/mol. The molecule has 3 aromatic rings. The van der Waals surface area contributed by atoms with Crippen LogP contribution in [0.15, 0.2) is 48.7 Å². The minimum absolute atomic E-state index is 0.0345. The third-order valence-electron chi connectivity index (χ3n) is 5.54. The van der Waals surface area contributed by atoms with Gasteiger partial charge in [-0.3, -0.25) is 9.59 Å². The Bertz CT molecular complexity index is 1450. The molecule has 38 heavy (non-hydrogen) atoms. The molecule has 202 valence electrons. The van der Waals surface area contributed by atoms with Gasteiger partial charge in [-0.1, -0.05) is 32.0 Å². The van der Waals surface area contributed by atoms with Crippen LogP contribution >= 0.6 is 0 Å². The lowest BCUT2D eigenvalue weighted by atomic mass is 10.1. The molecule has 0 spiro atoms. The van der Waals surface area contributed by atoms with E-state index in [0.717, 1.165) is 6.26 Å². The lowest BCUT2D eigenvalue weighted by molar-refractivity contribution is 0.0947. The average Bonchev–Trinajstić information content (AvgIpc) is 2.82. The van der Waals surface area contributed by atoms with Crippen molar-refractivity contribution in [1.82, 2.24) is 15.3 Å². The standard InChI is InChI=1S/C25H29FN6O5S/c1-14(2)15(3)30-23-19(22(27)33)13-29-25(32-23)31-17-9-10-18(21(11-17)37-38(4,35)36)24(34)28-12-16-7-5-6-8-20(16)26/h5-11,13-15H,12H2,1-4H3,(H2,27,33)(H,28,34)(H2,29,30,31,32). The van der Waals surface area contributed by atoms with Crippen LogP contribution in [0.5, 0.6) is 5.75 Å². The molecule has 0 saturated heterocycles. The van der Waals surface area contributed by atoms with Crippen molar-refractivity contribution < 1.29 is 26.6 Å². The second kappa shape index (κ2) is 11.9. The molecule has 0 fully saturated rings. The van der Waals surface area contributed by atoms with Crippen molar-refractivity contribution in [2.24, 2.45) is 11.7 Å². The first-order chi connectivity index (χ1) is 17.8. The van der Waals surface area contributed by atoms with Crippen LogP contribution < -0.4 is 25.9 Å². The highest BCUT2D eigenvalue weighted by atomic mass is 32.2. The fourth-order valence-corrected chi connectivity index (χ4v) is 3.64. The number of anilines is 3. The summed E-state index contributed by atoms with van der Waals surface area (Å²) in [5, 5.41) is 8.59. The van der Waals surface area contributed by atoms with Gasteiger partial charge in [-0.05, 0) is 31.0 Å². The summed E-state index contributed by atoms with van der Waals surface area (Å²) in [6.07, 6.45) is 2.11. The molecule has 2 aromatic carbocycles. The maximum Gasteiger partial charge on any atom is 0.306 e. The van der Waals surface area contributed by atoms with E-state index in [4.69, 9.17) is 9.92 Å². The summed E-state index contributed by atoms with van der Waals surface area (Å²) < 4.78 is 42.7. The van der Waals surface area contributed by atoms with Crippen molar-refractivity contribution in [2.45, 2.75) is 33.4 Å². The number of aromatic nitrogens is 2. The van der Waals surface area contributed by atoms with Crippen molar-refractivity contribution in [3.05, 3.63) is 71.2 Å². The van der Waals surface area contributed by atoms with E-state index in [-0.39, 0.29) is 52.7 Å². The van der Waals surface area contributed by atoms with Crippen LogP contribution in [0.25, 0.3) is 0 Å². The first-order valence-corrected chi connectivity index (χ1v) is 13.4. The molecule has 5 N–H and O–H groups in total. The molecule has 0 radical (unpaired) electrons. The van der Waals surface area contributed by atoms with Gasteiger partial charge in [0.15, 0.2) is 5.75 Å². The van der Waals surface area contributed by atoms with Gasteiger partial charge < -0.3 is 25.9 Å². The number of rotatable bonds is 11. The molecule has 1 heterocycles. The number of carbonyl (C=O) groups is 2. The lowest BCUT2D eigenvalue weighted by Crippen LogP contribution is -2.25. The van der Waals surface area contributed by atoms with E-state index < -0.39 is 27.7 Å². The van der Waals surface area contributed by atoms with Gasteiger partial charge in [0.2, 0.25) is 5.95 Å². The predicted octanol–water partition coefficient (Wildman–Crippen LogP) is 3.18. The summed E-state index contributed by atoms with van der Waals surface area (Å²) >= 11 is 0. The first kappa shape index (κ1) is 28.3. The molecule has 0 aliphatic carbocycles. The average molecular weight is 545 g/mol. The number of hydrogen-bond donors (Lipinski definition) is 4. The van der Waals surface area contributed by atoms with Crippen molar-refractivity contribution in [3.8, 4) is 5.75 Å². The van der Waals surface area contributed by atoms with Crippen LogP contribution in [0, 0.1) is 11.7 Å². The van der Waals surface area contributed by atoms with Gasteiger partial charge in [-0.25, -0.2) is 9.37 Å². The lowest BCUT2D eigenvalue weighted by Gasteiger charge is -2.20. The van der Waals surface area contributed by atoms with Crippen molar-refractivity contribution in [2.75, 3.05) is 16.9 Å². The highest BCUT2D eigenvalue weighted by molar-refractivity contribution is 7.86. The van der Waals surface area contributed by atoms with E-state index in [9.17, 15) is 22.4 Å². The fraction of sp³-hybridized carbons (Fsp3) is 0.280. The summed E-state index contributed by atoms with van der Waals surface area (Å²) in [7, 11) is -4.00. The Labute approximate surface area is 220 Å². The van der Waals surface area contributed by atoms with E-state index in [1.54, 1.807) is 6.07 Å². The number of halogens is 1. The van der Waals surface area contributed by atoms with E-state index >= 15 is 0 Å². The fourth-order valence-electron chi connectivity index (χ4n) is 3.18. The van der Waals surface area contributed by atoms with Gasteiger partial charge in [-0.2, -0.15) is 13.4 Å².